The van der Waals surface area contributed by atoms with E-state index in [4.69, 9.17) is 4.74 Å². The zero-order chi connectivity index (χ0) is 26.7. The number of cyclic esters (lactones) is 1. The number of anilines is 2. The van der Waals surface area contributed by atoms with Gasteiger partial charge in [0, 0.05) is 39.5 Å². The number of carbonyl (C=O) groups is 2. The minimum Gasteiger partial charge on any atom is -0.442 e. The van der Waals surface area contributed by atoms with Crippen molar-refractivity contribution in [2.75, 3.05) is 36.0 Å². The number of nitrogens with zero attached hydrogens (tertiary/aromatic N) is 7. The first-order chi connectivity index (χ1) is 17.7. The second kappa shape index (κ2) is 10.6. The predicted molar refractivity (Wildman–Crippen MR) is 131 cm³/mol. The van der Waals surface area contributed by atoms with E-state index in [0.29, 0.717) is 12.2 Å². The minimum absolute atomic E-state index is 0.0272. The molecule has 196 valence electrons. The molecule has 1 aromatic carbocycles. The van der Waals surface area contributed by atoms with E-state index in [1.54, 1.807) is 23.1 Å². The number of aromatic nitrogens is 5. The Morgan fingerprint density at radius 3 is 2.59 bits per heavy atom. The van der Waals surface area contributed by atoms with Crippen LogP contribution in [0.2, 0.25) is 0 Å². The molecule has 1 aliphatic rings. The summed E-state index contributed by atoms with van der Waals surface area (Å²) in [5.74, 6) is -0.827. The van der Waals surface area contributed by atoms with Crippen LogP contribution in [0.1, 0.15) is 13.8 Å². The summed E-state index contributed by atoms with van der Waals surface area (Å²) in [4.78, 5) is 59.9. The van der Waals surface area contributed by atoms with E-state index < -0.39 is 29.4 Å². The van der Waals surface area contributed by atoms with E-state index in [2.05, 4.69) is 15.3 Å². The van der Waals surface area contributed by atoms with Crippen molar-refractivity contribution in [3.8, 4) is 5.95 Å². The number of hydrogen-bond acceptors (Lipinski definition) is 8. The van der Waals surface area contributed by atoms with E-state index >= 15 is 4.39 Å². The second-order valence-electron chi connectivity index (χ2n) is 8.36. The first-order valence-corrected chi connectivity index (χ1v) is 11.6. The molecule has 0 aliphatic carbocycles. The van der Waals surface area contributed by atoms with Crippen LogP contribution in [0.3, 0.4) is 0 Å². The molecule has 1 saturated heterocycles. The molecule has 3 aromatic rings. The van der Waals surface area contributed by atoms with Gasteiger partial charge in [0.25, 0.3) is 0 Å². The molecule has 2 aromatic heterocycles. The summed E-state index contributed by atoms with van der Waals surface area (Å²) >= 11 is 0. The van der Waals surface area contributed by atoms with Crippen LogP contribution in [0.25, 0.3) is 5.95 Å². The van der Waals surface area contributed by atoms with Gasteiger partial charge in [-0.25, -0.2) is 38.1 Å². The number of amides is 2. The molecule has 0 radical (unpaired) electrons. The zero-order valence-electron chi connectivity index (χ0n) is 20.6. The highest BCUT2D eigenvalue weighted by Crippen LogP contribution is 2.28. The summed E-state index contributed by atoms with van der Waals surface area (Å²) in [5.41, 5.74) is -0.598. The van der Waals surface area contributed by atoms with Gasteiger partial charge >= 0.3 is 17.5 Å². The van der Waals surface area contributed by atoms with Crippen molar-refractivity contribution >= 4 is 23.4 Å². The smallest absolute Gasteiger partial charge is 0.414 e. The predicted octanol–water partition coefficient (Wildman–Crippen LogP) is 0.255. The Kier molecular flexibility index (Phi) is 7.36. The first kappa shape index (κ1) is 25.6. The van der Waals surface area contributed by atoms with Gasteiger partial charge in [0.1, 0.15) is 11.9 Å². The Morgan fingerprint density at radius 1 is 1.22 bits per heavy atom. The summed E-state index contributed by atoms with van der Waals surface area (Å²) < 4.78 is 23.7. The van der Waals surface area contributed by atoms with Crippen molar-refractivity contribution in [2.24, 2.45) is 7.05 Å². The van der Waals surface area contributed by atoms with Crippen molar-refractivity contribution in [3.05, 3.63) is 63.4 Å². The Labute approximate surface area is 210 Å². The van der Waals surface area contributed by atoms with E-state index in [9.17, 15) is 19.2 Å². The third-order valence-corrected chi connectivity index (χ3v) is 5.99. The molecule has 0 saturated carbocycles. The number of benzene rings is 1. The first-order valence-electron chi connectivity index (χ1n) is 11.6. The largest absolute Gasteiger partial charge is 0.442 e. The topological polar surface area (TPSA) is 137 Å². The van der Waals surface area contributed by atoms with Gasteiger partial charge in [0.2, 0.25) is 11.9 Å². The number of halogens is 1. The molecule has 1 atom stereocenters. The maximum atomic E-state index is 15.2. The Morgan fingerprint density at radius 2 is 1.95 bits per heavy atom. The standard InChI is InChI=1S/C23H27FN8O5/c1-4-29(10-11-31-22(35)32(21(34)28(31)3)20-25-8-5-9-26-20)19-7-6-16(12-18(19)24)30-14-17(37-23(30)36)13-27-15(2)33/h5-9,12,17H,4,10-11,13-14H2,1-3H3,(H,27,33)/t17-/m0/s1. The number of hydrogen-bond donors (Lipinski definition) is 1. The van der Waals surface area contributed by atoms with E-state index in [1.165, 1.54) is 46.7 Å². The van der Waals surface area contributed by atoms with E-state index in [0.717, 1.165) is 4.57 Å². The number of likely N-dealkylation sites (N-methyl/N-ethyl adjacent to an activating group) is 1. The zero-order valence-corrected chi connectivity index (χ0v) is 20.6. The summed E-state index contributed by atoms with van der Waals surface area (Å²) in [7, 11) is 1.46. The summed E-state index contributed by atoms with van der Waals surface area (Å²) in [6, 6.07) is 5.97. The molecule has 0 bridgehead atoms. The van der Waals surface area contributed by atoms with Crippen molar-refractivity contribution in [1.29, 1.82) is 0 Å². The Balaban J connectivity index is 1.49. The molecule has 1 N–H and O–H groups in total. The van der Waals surface area contributed by atoms with Crippen molar-refractivity contribution in [1.82, 2.24) is 29.2 Å². The third-order valence-electron chi connectivity index (χ3n) is 5.99. The number of nitrogens with one attached hydrogen (secondary N) is 1. The van der Waals surface area contributed by atoms with Crippen LogP contribution in [0.15, 0.2) is 46.2 Å². The average Bonchev–Trinajstić information content (AvgIpc) is 3.35. The molecule has 1 fully saturated rings. The second-order valence-corrected chi connectivity index (χ2v) is 8.36. The van der Waals surface area contributed by atoms with Crippen LogP contribution in [0.5, 0.6) is 0 Å². The van der Waals surface area contributed by atoms with Crippen molar-refractivity contribution < 1.29 is 18.7 Å². The molecule has 0 unspecified atom stereocenters. The van der Waals surface area contributed by atoms with Crippen LogP contribution in [0.4, 0.5) is 20.6 Å². The Hall–Kier alpha value is -4.49. The SMILES string of the molecule is CCN(CCn1c(=O)n(-c2ncccn2)c(=O)n1C)c1ccc(N2C[C@H](CNC(C)=O)OC2=O)cc1F. The summed E-state index contributed by atoms with van der Waals surface area (Å²) in [5, 5.41) is 2.60. The van der Waals surface area contributed by atoms with Gasteiger partial charge in [-0.1, -0.05) is 0 Å². The van der Waals surface area contributed by atoms with E-state index in [1.807, 2.05) is 6.92 Å². The molecule has 2 amide bonds. The van der Waals surface area contributed by atoms with Crippen LogP contribution in [-0.4, -0.2) is 68.2 Å². The van der Waals surface area contributed by atoms with Gasteiger partial charge in [0.05, 0.1) is 31.0 Å². The molecular formula is C23H27FN8O5. The normalized spacial score (nSPS) is 15.1. The lowest BCUT2D eigenvalue weighted by Gasteiger charge is -2.25. The highest BCUT2D eigenvalue weighted by atomic mass is 19.1. The average molecular weight is 515 g/mol. The fourth-order valence-corrected chi connectivity index (χ4v) is 4.08. The monoisotopic (exact) mass is 514 g/mol. The van der Waals surface area contributed by atoms with E-state index in [-0.39, 0.29) is 43.7 Å². The van der Waals surface area contributed by atoms with Gasteiger partial charge in [0.15, 0.2) is 0 Å². The lowest BCUT2D eigenvalue weighted by molar-refractivity contribution is -0.119. The highest BCUT2D eigenvalue weighted by Gasteiger charge is 2.33. The van der Waals surface area contributed by atoms with Gasteiger partial charge in [-0.2, -0.15) is 4.57 Å². The summed E-state index contributed by atoms with van der Waals surface area (Å²) in [6.45, 7) is 4.29. The Bertz CT molecular complexity index is 1420. The molecule has 13 nitrogen and oxygen atoms in total. The van der Waals surface area contributed by atoms with Crippen LogP contribution < -0.4 is 26.5 Å². The molecule has 4 rings (SSSR count). The number of rotatable bonds is 9. The molecule has 1 aliphatic heterocycles. The maximum Gasteiger partial charge on any atom is 0.414 e. The highest BCUT2D eigenvalue weighted by molar-refractivity contribution is 5.90. The fourth-order valence-electron chi connectivity index (χ4n) is 4.08. The van der Waals surface area contributed by atoms with Gasteiger partial charge in [-0.15, -0.1) is 0 Å². The molecular weight excluding hydrogens is 487 g/mol. The van der Waals surface area contributed by atoms with Gasteiger partial charge in [-0.05, 0) is 31.2 Å². The number of ether oxygens (including phenoxy) is 1. The van der Waals surface area contributed by atoms with Crippen molar-refractivity contribution in [2.45, 2.75) is 26.5 Å². The number of carbonyl (C=O) groups excluding carboxylic acids is 2. The molecule has 14 heteroatoms. The maximum absolute atomic E-state index is 15.2. The molecule has 3 heterocycles. The molecule has 37 heavy (non-hydrogen) atoms. The van der Waals surface area contributed by atoms with Crippen molar-refractivity contribution in [3.63, 3.8) is 0 Å². The quantitative estimate of drug-likeness (QED) is 0.429. The third kappa shape index (κ3) is 5.22. The summed E-state index contributed by atoms with van der Waals surface area (Å²) in [6.07, 6.45) is 1.70. The lowest BCUT2D eigenvalue weighted by Crippen LogP contribution is -2.34. The minimum atomic E-state index is -0.623. The molecule has 0 spiro atoms. The van der Waals surface area contributed by atoms with Crippen LogP contribution in [-0.2, 0) is 23.1 Å². The van der Waals surface area contributed by atoms with Crippen LogP contribution >= 0.6 is 0 Å². The lowest BCUT2D eigenvalue weighted by atomic mass is 10.2. The van der Waals surface area contributed by atoms with Crippen LogP contribution in [0, 0.1) is 5.82 Å². The van der Waals surface area contributed by atoms with Gasteiger partial charge < -0.3 is 15.0 Å². The fraction of sp³-hybridized carbons (Fsp3) is 0.391. The van der Waals surface area contributed by atoms with Gasteiger partial charge in [-0.3, -0.25) is 9.69 Å².